The number of fused-ring (bicyclic) bond motifs is 1. The van der Waals surface area contributed by atoms with Crippen molar-refractivity contribution < 1.29 is 9.18 Å². The number of anilines is 1. The number of nitrogens with zero attached hydrogens (tertiary/aromatic N) is 3. The van der Waals surface area contributed by atoms with Gasteiger partial charge in [-0.3, -0.25) is 4.79 Å². The van der Waals surface area contributed by atoms with E-state index in [0.29, 0.717) is 16.4 Å². The van der Waals surface area contributed by atoms with Crippen molar-refractivity contribution in [3.63, 3.8) is 0 Å². The van der Waals surface area contributed by atoms with E-state index in [1.807, 2.05) is 19.1 Å². The molecule has 1 amide bonds. The van der Waals surface area contributed by atoms with Crippen LogP contribution in [0.15, 0.2) is 24.4 Å². The van der Waals surface area contributed by atoms with E-state index in [9.17, 15) is 9.18 Å². The van der Waals surface area contributed by atoms with Crippen LogP contribution in [0.5, 0.6) is 0 Å². The average Bonchev–Trinajstić information content (AvgIpc) is 3.12. The van der Waals surface area contributed by atoms with Crippen molar-refractivity contribution >= 4 is 45.8 Å². The molecule has 8 heteroatoms. The van der Waals surface area contributed by atoms with Crippen LogP contribution in [0.25, 0.3) is 21.3 Å². The third-order valence-electron chi connectivity index (χ3n) is 3.95. The number of carbonyl (C=O) groups is 1. The summed E-state index contributed by atoms with van der Waals surface area (Å²) in [7, 11) is 0. The highest BCUT2D eigenvalue weighted by molar-refractivity contribution is 7.09. The largest absolute Gasteiger partial charge is 0.309 e. The van der Waals surface area contributed by atoms with Gasteiger partial charge >= 0.3 is 0 Å². The smallest absolute Gasteiger partial charge is 0.231 e. The quantitative estimate of drug-likeness (QED) is 0.764. The van der Waals surface area contributed by atoms with Gasteiger partial charge in [0.25, 0.3) is 0 Å². The van der Waals surface area contributed by atoms with Gasteiger partial charge in [0.15, 0.2) is 5.82 Å². The van der Waals surface area contributed by atoms with E-state index in [0.717, 1.165) is 21.4 Å². The number of halogens is 2. The lowest BCUT2D eigenvalue weighted by atomic mass is 10.1. The van der Waals surface area contributed by atoms with Crippen LogP contribution < -0.4 is 5.32 Å². The molecule has 0 aliphatic heterocycles. The molecular weight excluding hydrogens is 351 g/mol. The second kappa shape index (κ2) is 5.75. The SMILES string of the molecule is Cc1cnsc1-c1cc(Cl)c2nnc(NC(=O)[C@@H]3C[C@@H]3F)cc2c1. The Balaban J connectivity index is 1.72. The number of amides is 1. The zero-order valence-corrected chi connectivity index (χ0v) is 14.2. The maximum Gasteiger partial charge on any atom is 0.231 e. The number of benzene rings is 1. The second-order valence-corrected chi connectivity index (χ2v) is 7.02. The summed E-state index contributed by atoms with van der Waals surface area (Å²) in [5.74, 6) is -0.644. The number of nitrogens with one attached hydrogen (secondary N) is 1. The predicted octanol–water partition coefficient (Wildman–Crippen LogP) is 4.01. The van der Waals surface area contributed by atoms with Crippen LogP contribution in [0, 0.1) is 12.8 Å². The van der Waals surface area contributed by atoms with Gasteiger partial charge in [-0.15, -0.1) is 10.2 Å². The maximum atomic E-state index is 13.0. The van der Waals surface area contributed by atoms with Crippen LogP contribution in [0.1, 0.15) is 12.0 Å². The molecule has 0 spiro atoms. The van der Waals surface area contributed by atoms with Gasteiger partial charge in [0.05, 0.1) is 15.8 Å². The Bertz CT molecular complexity index is 960. The summed E-state index contributed by atoms with van der Waals surface area (Å²) in [5.41, 5.74) is 2.55. The molecule has 24 heavy (non-hydrogen) atoms. The molecule has 5 nitrogen and oxygen atoms in total. The number of hydrogen-bond acceptors (Lipinski definition) is 5. The lowest BCUT2D eigenvalue weighted by Crippen LogP contribution is -2.16. The fourth-order valence-electron chi connectivity index (χ4n) is 2.53. The van der Waals surface area contributed by atoms with Crippen molar-refractivity contribution in [1.82, 2.24) is 14.6 Å². The lowest BCUT2D eigenvalue weighted by Gasteiger charge is -2.07. The molecule has 1 aromatic carbocycles. The van der Waals surface area contributed by atoms with E-state index in [1.165, 1.54) is 11.5 Å². The summed E-state index contributed by atoms with van der Waals surface area (Å²) in [6.45, 7) is 1.98. The molecule has 1 N–H and O–H groups in total. The summed E-state index contributed by atoms with van der Waals surface area (Å²) >= 11 is 7.70. The van der Waals surface area contributed by atoms with Gasteiger partial charge in [0, 0.05) is 11.6 Å². The number of alkyl halides is 1. The Labute approximate surface area is 146 Å². The average molecular weight is 363 g/mol. The van der Waals surface area contributed by atoms with Crippen LogP contribution in [0.2, 0.25) is 5.02 Å². The van der Waals surface area contributed by atoms with E-state index in [2.05, 4.69) is 19.9 Å². The number of rotatable bonds is 3. The minimum Gasteiger partial charge on any atom is -0.309 e. The van der Waals surface area contributed by atoms with E-state index in [4.69, 9.17) is 11.6 Å². The van der Waals surface area contributed by atoms with Gasteiger partial charge in [-0.25, -0.2) is 8.76 Å². The van der Waals surface area contributed by atoms with Crippen LogP contribution in [-0.4, -0.2) is 26.6 Å². The van der Waals surface area contributed by atoms with Gasteiger partial charge in [-0.2, -0.15) is 0 Å². The van der Waals surface area contributed by atoms with E-state index < -0.39 is 12.1 Å². The number of aromatic nitrogens is 3. The van der Waals surface area contributed by atoms with Crippen molar-refractivity contribution in [2.45, 2.75) is 19.5 Å². The molecule has 1 aliphatic rings. The summed E-state index contributed by atoms with van der Waals surface area (Å²) in [5, 5.41) is 11.9. The highest BCUT2D eigenvalue weighted by Gasteiger charge is 2.43. The molecule has 3 aromatic rings. The first kappa shape index (κ1) is 15.4. The Kier molecular flexibility index (Phi) is 3.69. The van der Waals surface area contributed by atoms with Crippen molar-refractivity contribution in [3.05, 3.63) is 35.0 Å². The summed E-state index contributed by atoms with van der Waals surface area (Å²) in [6.07, 6.45) is 1.03. The van der Waals surface area contributed by atoms with Crippen molar-refractivity contribution in [2.75, 3.05) is 5.32 Å². The molecule has 122 valence electrons. The zero-order chi connectivity index (χ0) is 16.8. The van der Waals surface area contributed by atoms with Crippen LogP contribution in [0.3, 0.4) is 0 Å². The fourth-order valence-corrected chi connectivity index (χ4v) is 3.53. The third-order valence-corrected chi connectivity index (χ3v) is 5.19. The molecule has 2 heterocycles. The van der Waals surface area contributed by atoms with Gasteiger partial charge in [0.1, 0.15) is 11.7 Å². The number of carbonyl (C=O) groups excluding carboxylic acids is 1. The molecule has 0 radical (unpaired) electrons. The lowest BCUT2D eigenvalue weighted by molar-refractivity contribution is -0.117. The summed E-state index contributed by atoms with van der Waals surface area (Å²) in [4.78, 5) is 12.9. The minimum absolute atomic E-state index is 0.271. The predicted molar refractivity (Wildman–Crippen MR) is 92.0 cm³/mol. The molecule has 0 saturated heterocycles. The van der Waals surface area contributed by atoms with E-state index in [-0.39, 0.29) is 12.3 Å². The van der Waals surface area contributed by atoms with Crippen molar-refractivity contribution in [2.24, 2.45) is 5.92 Å². The Hall–Kier alpha value is -2.12. The molecular formula is C16H12ClFN4OS. The normalized spacial score (nSPS) is 19.5. The Morgan fingerprint density at radius 1 is 1.38 bits per heavy atom. The molecule has 1 saturated carbocycles. The zero-order valence-electron chi connectivity index (χ0n) is 12.6. The summed E-state index contributed by atoms with van der Waals surface area (Å²) in [6, 6.07) is 5.46. The van der Waals surface area contributed by atoms with Crippen LogP contribution in [-0.2, 0) is 4.79 Å². The Morgan fingerprint density at radius 3 is 2.83 bits per heavy atom. The molecule has 2 atom stereocenters. The third kappa shape index (κ3) is 2.74. The van der Waals surface area contributed by atoms with Crippen molar-refractivity contribution in [1.29, 1.82) is 0 Å². The van der Waals surface area contributed by atoms with Crippen LogP contribution in [0.4, 0.5) is 10.2 Å². The highest BCUT2D eigenvalue weighted by Crippen LogP contribution is 2.36. The molecule has 4 rings (SSSR count). The molecule has 1 fully saturated rings. The van der Waals surface area contributed by atoms with Crippen LogP contribution >= 0.6 is 23.1 Å². The van der Waals surface area contributed by atoms with Crippen molar-refractivity contribution in [3.8, 4) is 10.4 Å². The molecule has 0 unspecified atom stereocenters. The Morgan fingerprint density at radius 2 is 2.17 bits per heavy atom. The highest BCUT2D eigenvalue weighted by atomic mass is 35.5. The number of hydrogen-bond donors (Lipinski definition) is 1. The first-order valence-electron chi connectivity index (χ1n) is 7.36. The molecule has 0 bridgehead atoms. The van der Waals surface area contributed by atoms with E-state index in [1.54, 1.807) is 12.3 Å². The van der Waals surface area contributed by atoms with Gasteiger partial charge in [0.2, 0.25) is 5.91 Å². The van der Waals surface area contributed by atoms with Gasteiger partial charge < -0.3 is 5.32 Å². The fraction of sp³-hybridized carbons (Fsp3) is 0.250. The number of aryl methyl sites for hydroxylation is 1. The molecule has 2 aromatic heterocycles. The second-order valence-electron chi connectivity index (χ2n) is 5.81. The van der Waals surface area contributed by atoms with Gasteiger partial charge in [-0.05, 0) is 54.2 Å². The topological polar surface area (TPSA) is 67.8 Å². The monoisotopic (exact) mass is 362 g/mol. The standard InChI is InChI=1S/C16H12ClFN4OS/c1-7-6-19-24-15(7)9-2-8-4-13(20-16(23)10-5-12(10)18)21-22-14(8)11(17)3-9/h2-4,6,10,12H,5H2,1H3,(H,20,21,23)/t10-,12+/m1/s1. The minimum atomic E-state index is -1.05. The maximum absolute atomic E-state index is 13.0. The first-order valence-corrected chi connectivity index (χ1v) is 8.51. The summed E-state index contributed by atoms with van der Waals surface area (Å²) < 4.78 is 17.1. The van der Waals surface area contributed by atoms with E-state index >= 15 is 0 Å². The first-order chi connectivity index (χ1) is 11.5. The van der Waals surface area contributed by atoms with Gasteiger partial charge in [-0.1, -0.05) is 11.6 Å². The molecule has 1 aliphatic carbocycles.